The van der Waals surface area contributed by atoms with E-state index in [2.05, 4.69) is 15.5 Å². The smallest absolute Gasteiger partial charge is 0.243 e. The number of piperidine rings is 1. The first-order valence-corrected chi connectivity index (χ1v) is 13.8. The summed E-state index contributed by atoms with van der Waals surface area (Å²) >= 11 is 8.76. The Morgan fingerprint density at radius 2 is 1.75 bits per heavy atom. The van der Waals surface area contributed by atoms with Gasteiger partial charge in [0.25, 0.3) is 0 Å². The van der Waals surface area contributed by atoms with Crippen LogP contribution >= 0.6 is 34.7 Å². The Hall–Kier alpha value is -1.98. The van der Waals surface area contributed by atoms with Gasteiger partial charge in [0, 0.05) is 34.5 Å². The number of anilines is 1. The van der Waals surface area contributed by atoms with Gasteiger partial charge in [-0.15, -0.1) is 22.0 Å². The standard InChI is InChI=1S/C21H21ClN4O3S3/c1-30-17-6-8-18(9-7-17)32(28,29)26-12-10-14(11-13-26)19(27)23-21-25-24-20(31-21)15-2-4-16(22)5-3-15/h2-9,14H,10-13H2,1H3,(H,23,25,27). The van der Waals surface area contributed by atoms with Crippen LogP contribution in [0.3, 0.4) is 0 Å². The van der Waals surface area contributed by atoms with Crippen molar-refractivity contribution in [2.75, 3.05) is 24.7 Å². The van der Waals surface area contributed by atoms with Crippen LogP contribution in [0.15, 0.2) is 58.3 Å². The van der Waals surface area contributed by atoms with E-state index in [0.717, 1.165) is 10.5 Å². The zero-order valence-corrected chi connectivity index (χ0v) is 20.4. The number of rotatable bonds is 6. The van der Waals surface area contributed by atoms with Gasteiger partial charge in [0.15, 0.2) is 0 Å². The zero-order valence-electron chi connectivity index (χ0n) is 17.2. The van der Waals surface area contributed by atoms with Crippen molar-refractivity contribution in [2.24, 2.45) is 5.92 Å². The van der Waals surface area contributed by atoms with E-state index in [9.17, 15) is 13.2 Å². The van der Waals surface area contributed by atoms with Crippen LogP contribution in [0.1, 0.15) is 12.8 Å². The van der Waals surface area contributed by atoms with Crippen molar-refractivity contribution in [2.45, 2.75) is 22.6 Å². The van der Waals surface area contributed by atoms with Crippen molar-refractivity contribution < 1.29 is 13.2 Å². The number of halogens is 1. The molecule has 1 N–H and O–H groups in total. The lowest BCUT2D eigenvalue weighted by molar-refractivity contribution is -0.120. The normalized spacial score (nSPS) is 15.6. The highest BCUT2D eigenvalue weighted by atomic mass is 35.5. The molecule has 3 aromatic rings. The van der Waals surface area contributed by atoms with Gasteiger partial charge in [-0.2, -0.15) is 4.31 Å². The average Bonchev–Trinajstić information content (AvgIpc) is 3.28. The molecule has 1 fully saturated rings. The minimum Gasteiger partial charge on any atom is -0.300 e. The summed E-state index contributed by atoms with van der Waals surface area (Å²) in [5, 5.41) is 12.7. The molecule has 0 saturated carbocycles. The maximum absolute atomic E-state index is 12.9. The molecule has 32 heavy (non-hydrogen) atoms. The van der Waals surface area contributed by atoms with Gasteiger partial charge in [-0.25, -0.2) is 8.42 Å². The summed E-state index contributed by atoms with van der Waals surface area (Å²) in [4.78, 5) is 14.0. The topological polar surface area (TPSA) is 92.3 Å². The Morgan fingerprint density at radius 3 is 2.38 bits per heavy atom. The van der Waals surface area contributed by atoms with E-state index >= 15 is 0 Å². The second-order valence-electron chi connectivity index (χ2n) is 7.26. The van der Waals surface area contributed by atoms with Crippen molar-refractivity contribution in [3.63, 3.8) is 0 Å². The number of carbonyl (C=O) groups excluding carboxylic acids is 1. The fourth-order valence-electron chi connectivity index (χ4n) is 3.45. The molecule has 1 amide bonds. The molecule has 2 aromatic carbocycles. The van der Waals surface area contributed by atoms with E-state index in [4.69, 9.17) is 11.6 Å². The molecule has 0 atom stereocenters. The maximum atomic E-state index is 12.9. The fourth-order valence-corrected chi connectivity index (χ4v) is 6.20. The van der Waals surface area contributed by atoms with Crippen LogP contribution < -0.4 is 5.32 Å². The Morgan fingerprint density at radius 1 is 1.09 bits per heavy atom. The number of carbonyl (C=O) groups is 1. The highest BCUT2D eigenvalue weighted by Crippen LogP contribution is 2.29. The van der Waals surface area contributed by atoms with E-state index in [-0.39, 0.29) is 16.7 Å². The summed E-state index contributed by atoms with van der Waals surface area (Å²) < 4.78 is 27.3. The minimum absolute atomic E-state index is 0.162. The highest BCUT2D eigenvalue weighted by Gasteiger charge is 2.32. The quantitative estimate of drug-likeness (QED) is 0.488. The van der Waals surface area contributed by atoms with E-state index in [1.54, 1.807) is 48.2 Å². The lowest BCUT2D eigenvalue weighted by atomic mass is 9.97. The first kappa shape index (κ1) is 23.2. The van der Waals surface area contributed by atoms with Crippen LogP contribution in [-0.2, 0) is 14.8 Å². The van der Waals surface area contributed by atoms with Gasteiger partial charge in [-0.3, -0.25) is 4.79 Å². The van der Waals surface area contributed by atoms with Crippen molar-refractivity contribution in [1.29, 1.82) is 0 Å². The molecule has 0 unspecified atom stereocenters. The second kappa shape index (κ2) is 9.88. The molecule has 1 saturated heterocycles. The first-order valence-electron chi connectivity index (χ1n) is 9.91. The molecule has 168 valence electrons. The molecule has 1 aliphatic rings. The SMILES string of the molecule is CSc1ccc(S(=O)(=O)N2CCC(C(=O)Nc3nnc(-c4ccc(Cl)cc4)s3)CC2)cc1. The average molecular weight is 509 g/mol. The second-order valence-corrected chi connectivity index (χ2v) is 11.5. The lowest BCUT2D eigenvalue weighted by Gasteiger charge is -2.30. The number of nitrogens with zero attached hydrogens (tertiary/aromatic N) is 3. The third kappa shape index (κ3) is 5.15. The first-order chi connectivity index (χ1) is 15.4. The molecule has 2 heterocycles. The summed E-state index contributed by atoms with van der Waals surface area (Å²) in [7, 11) is -3.56. The van der Waals surface area contributed by atoms with Crippen molar-refractivity contribution in [3.8, 4) is 10.6 Å². The predicted molar refractivity (Wildman–Crippen MR) is 129 cm³/mol. The van der Waals surface area contributed by atoms with Crippen LogP contribution in [0.5, 0.6) is 0 Å². The number of nitrogens with one attached hydrogen (secondary N) is 1. The summed E-state index contributed by atoms with van der Waals surface area (Å²) in [6.07, 6.45) is 2.85. The van der Waals surface area contributed by atoms with Gasteiger partial charge in [-0.05, 0) is 55.5 Å². The van der Waals surface area contributed by atoms with Gasteiger partial charge in [-0.1, -0.05) is 35.1 Å². The summed E-state index contributed by atoms with van der Waals surface area (Å²) in [6.45, 7) is 0.605. The molecule has 0 aliphatic carbocycles. The zero-order chi connectivity index (χ0) is 22.7. The van der Waals surface area contributed by atoms with Crippen molar-refractivity contribution >= 4 is 55.8 Å². The van der Waals surface area contributed by atoms with E-state index in [1.807, 2.05) is 18.4 Å². The number of amides is 1. The lowest BCUT2D eigenvalue weighted by Crippen LogP contribution is -2.41. The molecule has 1 aliphatic heterocycles. The highest BCUT2D eigenvalue weighted by molar-refractivity contribution is 7.98. The van der Waals surface area contributed by atoms with Crippen LogP contribution in [-0.4, -0.2) is 48.2 Å². The number of benzene rings is 2. The minimum atomic E-state index is -3.56. The molecule has 1 aromatic heterocycles. The van der Waals surface area contributed by atoms with Crippen LogP contribution in [0.25, 0.3) is 10.6 Å². The molecule has 4 rings (SSSR count). The number of thioether (sulfide) groups is 1. The van der Waals surface area contributed by atoms with Crippen LogP contribution in [0.4, 0.5) is 5.13 Å². The summed E-state index contributed by atoms with van der Waals surface area (Å²) in [6, 6.07) is 14.1. The summed E-state index contributed by atoms with van der Waals surface area (Å²) in [5.74, 6) is -0.437. The Kier molecular flexibility index (Phi) is 7.16. The molecule has 11 heteroatoms. The molecule has 0 bridgehead atoms. The fraction of sp³-hybridized carbons (Fsp3) is 0.286. The molecule has 0 spiro atoms. The number of sulfonamides is 1. The maximum Gasteiger partial charge on any atom is 0.243 e. The largest absolute Gasteiger partial charge is 0.300 e. The van der Waals surface area contributed by atoms with Gasteiger partial charge in [0.2, 0.25) is 21.1 Å². The Labute approximate surface area is 200 Å². The van der Waals surface area contributed by atoms with Gasteiger partial charge < -0.3 is 5.32 Å². The molecule has 0 radical (unpaired) electrons. The molecule has 7 nitrogen and oxygen atoms in total. The monoisotopic (exact) mass is 508 g/mol. The number of aromatic nitrogens is 2. The third-order valence-electron chi connectivity index (χ3n) is 5.27. The Bertz CT molecular complexity index is 1190. The van der Waals surface area contributed by atoms with E-state index in [0.29, 0.717) is 41.1 Å². The van der Waals surface area contributed by atoms with Crippen LogP contribution in [0.2, 0.25) is 5.02 Å². The van der Waals surface area contributed by atoms with Crippen LogP contribution in [0, 0.1) is 5.92 Å². The van der Waals surface area contributed by atoms with Crippen molar-refractivity contribution in [1.82, 2.24) is 14.5 Å². The van der Waals surface area contributed by atoms with Gasteiger partial charge in [0.1, 0.15) is 5.01 Å². The number of hydrogen-bond donors (Lipinski definition) is 1. The van der Waals surface area contributed by atoms with Gasteiger partial charge in [0.05, 0.1) is 4.90 Å². The number of hydrogen-bond acceptors (Lipinski definition) is 7. The Balaban J connectivity index is 1.35. The van der Waals surface area contributed by atoms with Gasteiger partial charge >= 0.3 is 0 Å². The van der Waals surface area contributed by atoms with E-state index < -0.39 is 10.0 Å². The van der Waals surface area contributed by atoms with Crippen molar-refractivity contribution in [3.05, 3.63) is 53.6 Å². The molecular formula is C21H21ClN4O3S3. The predicted octanol–water partition coefficient (Wildman–Crippen LogP) is 4.62. The van der Waals surface area contributed by atoms with E-state index in [1.165, 1.54) is 15.6 Å². The molecular weight excluding hydrogens is 488 g/mol. The third-order valence-corrected chi connectivity index (χ3v) is 9.06. The summed E-state index contributed by atoms with van der Waals surface area (Å²) in [5.41, 5.74) is 0.872.